The summed E-state index contributed by atoms with van der Waals surface area (Å²) < 4.78 is 1.36. The summed E-state index contributed by atoms with van der Waals surface area (Å²) in [6, 6.07) is 1.78. The van der Waals surface area contributed by atoms with Crippen molar-refractivity contribution in [2.75, 3.05) is 0 Å². The molecule has 0 spiro atoms. The number of hydrogen-bond donors (Lipinski definition) is 0. The molecule has 0 saturated heterocycles. The Balaban J connectivity index is 3.37. The van der Waals surface area contributed by atoms with E-state index in [4.69, 9.17) is 0 Å². The van der Waals surface area contributed by atoms with Gasteiger partial charge in [-0.05, 0) is 11.5 Å². The molecule has 1 aromatic rings. The van der Waals surface area contributed by atoms with Crippen LogP contribution in [0.2, 0.25) is 0 Å². The normalized spacial score (nSPS) is 11.7. The maximum atomic E-state index is 11.5. The van der Waals surface area contributed by atoms with Crippen LogP contribution in [-0.2, 0) is 12.5 Å². The molecule has 66 valence electrons. The van der Waals surface area contributed by atoms with E-state index in [0.717, 1.165) is 5.56 Å². The molecule has 0 atom stereocenters. The molecule has 0 N–H and O–H groups in total. The van der Waals surface area contributed by atoms with Gasteiger partial charge in [-0.3, -0.25) is 4.79 Å². The summed E-state index contributed by atoms with van der Waals surface area (Å²) in [5, 5.41) is 3.86. The van der Waals surface area contributed by atoms with Crippen LogP contribution < -0.4 is 5.56 Å². The van der Waals surface area contributed by atoms with E-state index in [1.807, 2.05) is 20.8 Å². The number of hydrogen-bond acceptors (Lipinski definition) is 2. The molecule has 3 nitrogen and oxygen atoms in total. The molecule has 0 aliphatic heterocycles. The number of aromatic nitrogens is 2. The molecule has 0 fully saturated rings. The maximum Gasteiger partial charge on any atom is 0.270 e. The Hall–Kier alpha value is -1.12. The molecule has 1 rings (SSSR count). The zero-order chi connectivity index (χ0) is 9.35. The highest BCUT2D eigenvalue weighted by Crippen LogP contribution is 2.16. The summed E-state index contributed by atoms with van der Waals surface area (Å²) in [5.74, 6) is 0. The average molecular weight is 166 g/mol. The lowest BCUT2D eigenvalue weighted by Crippen LogP contribution is -2.29. The zero-order valence-electron chi connectivity index (χ0n) is 7.96. The predicted octanol–water partition coefficient (Wildman–Crippen LogP) is 1.08. The molecule has 0 amide bonds. The van der Waals surface area contributed by atoms with E-state index in [0.29, 0.717) is 0 Å². The van der Waals surface area contributed by atoms with E-state index in [-0.39, 0.29) is 11.0 Å². The van der Waals surface area contributed by atoms with Gasteiger partial charge in [0, 0.05) is 18.8 Å². The summed E-state index contributed by atoms with van der Waals surface area (Å²) in [6.07, 6.45) is 1.65. The number of aryl methyl sites for hydroxylation is 1. The third-order valence-electron chi connectivity index (χ3n) is 1.81. The van der Waals surface area contributed by atoms with Crippen LogP contribution in [0.15, 0.2) is 17.1 Å². The Bertz CT molecular complexity index is 333. The summed E-state index contributed by atoms with van der Waals surface area (Å²) in [5.41, 5.74) is 0.697. The van der Waals surface area contributed by atoms with E-state index >= 15 is 0 Å². The second-order valence-electron chi connectivity index (χ2n) is 3.92. The third-order valence-corrected chi connectivity index (χ3v) is 1.81. The van der Waals surface area contributed by atoms with Crippen LogP contribution in [0.25, 0.3) is 0 Å². The fourth-order valence-corrected chi connectivity index (χ4v) is 1.08. The van der Waals surface area contributed by atoms with Crippen LogP contribution in [0.4, 0.5) is 0 Å². The van der Waals surface area contributed by atoms with Gasteiger partial charge in [-0.25, -0.2) is 4.68 Å². The van der Waals surface area contributed by atoms with Crippen LogP contribution in [0.1, 0.15) is 26.3 Å². The highest BCUT2D eigenvalue weighted by molar-refractivity contribution is 5.16. The van der Waals surface area contributed by atoms with Gasteiger partial charge in [0.25, 0.3) is 5.56 Å². The third kappa shape index (κ3) is 1.55. The lowest BCUT2D eigenvalue weighted by Gasteiger charge is -2.17. The predicted molar refractivity (Wildman–Crippen MR) is 48.2 cm³/mol. The molecular weight excluding hydrogens is 152 g/mol. The molecule has 1 heterocycles. The molecule has 0 aromatic carbocycles. The maximum absolute atomic E-state index is 11.5. The fraction of sp³-hybridized carbons (Fsp3) is 0.556. The summed E-state index contributed by atoms with van der Waals surface area (Å²) in [4.78, 5) is 11.5. The number of nitrogens with zero attached hydrogens (tertiary/aromatic N) is 2. The first-order chi connectivity index (χ1) is 5.43. The van der Waals surface area contributed by atoms with Crippen molar-refractivity contribution in [1.82, 2.24) is 9.78 Å². The first-order valence-electron chi connectivity index (χ1n) is 3.96. The van der Waals surface area contributed by atoms with Gasteiger partial charge in [-0.1, -0.05) is 20.8 Å². The van der Waals surface area contributed by atoms with Crippen molar-refractivity contribution in [2.24, 2.45) is 7.05 Å². The highest BCUT2D eigenvalue weighted by atomic mass is 16.1. The smallest absolute Gasteiger partial charge is 0.267 e. The minimum atomic E-state index is -0.0994. The largest absolute Gasteiger partial charge is 0.270 e. The van der Waals surface area contributed by atoms with Gasteiger partial charge < -0.3 is 0 Å². The van der Waals surface area contributed by atoms with Crippen molar-refractivity contribution in [3.05, 3.63) is 28.2 Å². The van der Waals surface area contributed by atoms with E-state index in [1.54, 1.807) is 19.3 Å². The molecule has 0 aliphatic rings. The summed E-state index contributed by atoms with van der Waals surface area (Å²) >= 11 is 0. The van der Waals surface area contributed by atoms with Crippen molar-refractivity contribution < 1.29 is 0 Å². The van der Waals surface area contributed by atoms with Crippen LogP contribution in [-0.4, -0.2) is 9.78 Å². The lowest BCUT2D eigenvalue weighted by molar-refractivity contribution is 0.559. The standard InChI is InChI=1S/C9H14N2O/c1-9(2,3)7-5-6-10-11(4)8(7)12/h5-6H,1-4H3. The summed E-state index contributed by atoms with van der Waals surface area (Å²) in [6.45, 7) is 6.05. The second-order valence-corrected chi connectivity index (χ2v) is 3.92. The van der Waals surface area contributed by atoms with Crippen LogP contribution in [0.5, 0.6) is 0 Å². The lowest BCUT2D eigenvalue weighted by atomic mass is 9.88. The first kappa shape index (κ1) is 8.97. The Morgan fingerprint density at radius 3 is 2.42 bits per heavy atom. The Labute approximate surface area is 72.0 Å². The summed E-state index contributed by atoms with van der Waals surface area (Å²) in [7, 11) is 1.66. The first-order valence-corrected chi connectivity index (χ1v) is 3.96. The SMILES string of the molecule is Cn1nccc(C(C)(C)C)c1=O. The molecular formula is C9H14N2O. The highest BCUT2D eigenvalue weighted by Gasteiger charge is 2.17. The molecule has 3 heteroatoms. The van der Waals surface area contributed by atoms with Gasteiger partial charge in [0.2, 0.25) is 0 Å². The minimum Gasteiger partial charge on any atom is -0.267 e. The van der Waals surface area contributed by atoms with E-state index in [9.17, 15) is 4.79 Å². The van der Waals surface area contributed by atoms with Crippen molar-refractivity contribution in [2.45, 2.75) is 26.2 Å². The van der Waals surface area contributed by atoms with Crippen molar-refractivity contribution in [3.63, 3.8) is 0 Å². The molecule has 0 unspecified atom stereocenters. The van der Waals surface area contributed by atoms with Gasteiger partial charge in [-0.15, -0.1) is 0 Å². The van der Waals surface area contributed by atoms with Crippen LogP contribution >= 0.6 is 0 Å². The minimum absolute atomic E-state index is 0.00926. The van der Waals surface area contributed by atoms with Crippen molar-refractivity contribution >= 4 is 0 Å². The van der Waals surface area contributed by atoms with Gasteiger partial charge >= 0.3 is 0 Å². The van der Waals surface area contributed by atoms with E-state index in [2.05, 4.69) is 5.10 Å². The Morgan fingerprint density at radius 2 is 2.00 bits per heavy atom. The molecule has 1 aromatic heterocycles. The average Bonchev–Trinajstić information content (AvgIpc) is 1.92. The number of rotatable bonds is 0. The van der Waals surface area contributed by atoms with Crippen molar-refractivity contribution in [1.29, 1.82) is 0 Å². The molecule has 12 heavy (non-hydrogen) atoms. The van der Waals surface area contributed by atoms with Gasteiger partial charge in [0.1, 0.15) is 0 Å². The van der Waals surface area contributed by atoms with E-state index < -0.39 is 0 Å². The topological polar surface area (TPSA) is 34.9 Å². The van der Waals surface area contributed by atoms with Gasteiger partial charge in [0.15, 0.2) is 0 Å². The second kappa shape index (κ2) is 2.73. The quantitative estimate of drug-likeness (QED) is 0.578. The molecule has 0 bridgehead atoms. The molecule has 0 aliphatic carbocycles. The fourth-order valence-electron chi connectivity index (χ4n) is 1.08. The Kier molecular flexibility index (Phi) is 2.04. The van der Waals surface area contributed by atoms with Crippen molar-refractivity contribution in [3.8, 4) is 0 Å². The molecule has 0 saturated carbocycles. The van der Waals surface area contributed by atoms with E-state index in [1.165, 1.54) is 4.68 Å². The Morgan fingerprint density at radius 1 is 1.42 bits per heavy atom. The van der Waals surface area contributed by atoms with Gasteiger partial charge in [0.05, 0.1) is 0 Å². The zero-order valence-corrected chi connectivity index (χ0v) is 7.96. The monoisotopic (exact) mass is 166 g/mol. The van der Waals surface area contributed by atoms with Crippen LogP contribution in [0.3, 0.4) is 0 Å². The molecule has 0 radical (unpaired) electrons. The van der Waals surface area contributed by atoms with Gasteiger partial charge in [-0.2, -0.15) is 5.10 Å². The van der Waals surface area contributed by atoms with Crippen LogP contribution in [0, 0.1) is 0 Å².